The molecule has 0 aliphatic carbocycles. The van der Waals surface area contributed by atoms with Crippen LogP contribution in [0, 0.1) is 0 Å². The molecule has 0 saturated heterocycles. The van der Waals surface area contributed by atoms with Crippen LogP contribution in [0.1, 0.15) is 21.5 Å². The van der Waals surface area contributed by atoms with Crippen molar-refractivity contribution in [3.63, 3.8) is 0 Å². The molecule has 2 heterocycles. The smallest absolute Gasteiger partial charge is 0.256 e. The Morgan fingerprint density at radius 3 is 3.05 bits per heavy atom. The van der Waals surface area contributed by atoms with Crippen molar-refractivity contribution in [1.29, 1.82) is 0 Å². The van der Waals surface area contributed by atoms with E-state index in [2.05, 4.69) is 20.6 Å². The molecule has 3 rings (SSSR count). The summed E-state index contributed by atoms with van der Waals surface area (Å²) in [6.45, 7) is 1.84. The van der Waals surface area contributed by atoms with Crippen molar-refractivity contribution in [2.75, 3.05) is 11.9 Å². The topological polar surface area (TPSA) is 66.9 Å². The Labute approximate surface area is 111 Å². The fraction of sp³-hybridized carbons (Fsp3) is 0.214. The van der Waals surface area contributed by atoms with E-state index < -0.39 is 0 Å². The molecule has 2 N–H and O–H groups in total. The number of benzene rings is 1. The van der Waals surface area contributed by atoms with Gasteiger partial charge in [-0.3, -0.25) is 4.79 Å². The van der Waals surface area contributed by atoms with Crippen LogP contribution in [0.5, 0.6) is 0 Å². The lowest BCUT2D eigenvalue weighted by Gasteiger charge is -2.17. The zero-order valence-corrected chi connectivity index (χ0v) is 10.4. The number of nitrogens with one attached hydrogen (secondary N) is 2. The summed E-state index contributed by atoms with van der Waals surface area (Å²) in [5.74, 6) is 0.374. The predicted octanol–water partition coefficient (Wildman–Crippen LogP) is 1.37. The molecule has 0 atom stereocenters. The summed E-state index contributed by atoms with van der Waals surface area (Å²) in [4.78, 5) is 19.9. The number of rotatable bonds is 2. The van der Waals surface area contributed by atoms with E-state index in [1.165, 1.54) is 17.5 Å². The second-order valence-electron chi connectivity index (χ2n) is 4.46. The molecule has 0 fully saturated rings. The van der Waals surface area contributed by atoms with Gasteiger partial charge in [0.1, 0.15) is 12.1 Å². The average Bonchev–Trinajstić information content (AvgIpc) is 2.48. The molecule has 1 aromatic carbocycles. The van der Waals surface area contributed by atoms with Gasteiger partial charge in [0.05, 0.1) is 0 Å². The van der Waals surface area contributed by atoms with Crippen molar-refractivity contribution in [2.45, 2.75) is 13.0 Å². The first-order valence-electron chi connectivity index (χ1n) is 6.23. The summed E-state index contributed by atoms with van der Waals surface area (Å²) in [5, 5.41) is 6.07. The van der Waals surface area contributed by atoms with Gasteiger partial charge in [-0.15, -0.1) is 0 Å². The number of carbonyl (C=O) groups excluding carboxylic acids is 1. The third-order valence-electron chi connectivity index (χ3n) is 3.18. The van der Waals surface area contributed by atoms with Gasteiger partial charge in [-0.05, 0) is 42.3 Å². The van der Waals surface area contributed by atoms with Crippen molar-refractivity contribution in [3.8, 4) is 0 Å². The summed E-state index contributed by atoms with van der Waals surface area (Å²) in [5.41, 5.74) is 3.18. The lowest BCUT2D eigenvalue weighted by atomic mass is 9.98. The van der Waals surface area contributed by atoms with Crippen LogP contribution in [-0.4, -0.2) is 22.4 Å². The first kappa shape index (κ1) is 11.8. The number of aromatic nitrogens is 2. The number of anilines is 1. The zero-order valence-electron chi connectivity index (χ0n) is 10.4. The maximum atomic E-state index is 12.1. The molecule has 0 saturated carbocycles. The summed E-state index contributed by atoms with van der Waals surface area (Å²) in [6, 6.07) is 7.49. The lowest BCUT2D eigenvalue weighted by molar-refractivity contribution is 0.102. The summed E-state index contributed by atoms with van der Waals surface area (Å²) in [7, 11) is 0. The molecule has 5 heteroatoms. The van der Waals surface area contributed by atoms with E-state index in [0.29, 0.717) is 11.4 Å². The first-order chi connectivity index (χ1) is 9.33. The quantitative estimate of drug-likeness (QED) is 0.849. The number of carbonyl (C=O) groups is 1. The molecule has 0 spiro atoms. The first-order valence-corrected chi connectivity index (χ1v) is 6.23. The fourth-order valence-electron chi connectivity index (χ4n) is 2.17. The van der Waals surface area contributed by atoms with Gasteiger partial charge in [-0.25, -0.2) is 9.97 Å². The van der Waals surface area contributed by atoms with Gasteiger partial charge < -0.3 is 10.6 Å². The molecule has 1 aliphatic heterocycles. The van der Waals surface area contributed by atoms with Crippen LogP contribution in [0.4, 0.5) is 5.82 Å². The standard InChI is InChI=1S/C14H14N4O/c19-14(18-13-4-6-16-9-17-13)11-1-2-12-8-15-5-3-10(12)7-11/h1-2,4,6-7,9,15H,3,5,8H2,(H,16,17,18,19). The number of fused-ring (bicyclic) bond motifs is 1. The molecule has 1 aliphatic rings. The molecule has 96 valence electrons. The van der Waals surface area contributed by atoms with E-state index >= 15 is 0 Å². The molecule has 0 unspecified atom stereocenters. The molecule has 2 aromatic rings. The Hall–Kier alpha value is -2.27. The summed E-state index contributed by atoms with van der Waals surface area (Å²) in [6.07, 6.45) is 3.97. The molecule has 0 radical (unpaired) electrons. The molecular formula is C14H14N4O. The third-order valence-corrected chi connectivity index (χ3v) is 3.18. The second-order valence-corrected chi connectivity index (χ2v) is 4.46. The van der Waals surface area contributed by atoms with Crippen LogP contribution < -0.4 is 10.6 Å². The van der Waals surface area contributed by atoms with Crippen LogP contribution in [0.15, 0.2) is 36.8 Å². The molecule has 1 aromatic heterocycles. The van der Waals surface area contributed by atoms with Crippen LogP contribution in [-0.2, 0) is 13.0 Å². The monoisotopic (exact) mass is 254 g/mol. The van der Waals surface area contributed by atoms with Crippen LogP contribution in [0.25, 0.3) is 0 Å². The number of hydrogen-bond donors (Lipinski definition) is 2. The minimum absolute atomic E-state index is 0.139. The Morgan fingerprint density at radius 2 is 2.21 bits per heavy atom. The summed E-state index contributed by atoms with van der Waals surface area (Å²) >= 11 is 0. The highest BCUT2D eigenvalue weighted by molar-refractivity contribution is 6.03. The third kappa shape index (κ3) is 2.61. The molecule has 0 bridgehead atoms. The van der Waals surface area contributed by atoms with Crippen LogP contribution in [0.2, 0.25) is 0 Å². The average molecular weight is 254 g/mol. The lowest BCUT2D eigenvalue weighted by Crippen LogP contribution is -2.24. The largest absolute Gasteiger partial charge is 0.312 e. The Bertz CT molecular complexity index is 598. The van der Waals surface area contributed by atoms with Crippen molar-refractivity contribution in [2.24, 2.45) is 0 Å². The Balaban J connectivity index is 1.80. The highest BCUT2D eigenvalue weighted by atomic mass is 16.1. The summed E-state index contributed by atoms with van der Waals surface area (Å²) < 4.78 is 0. The van der Waals surface area contributed by atoms with E-state index in [-0.39, 0.29) is 5.91 Å². The number of amides is 1. The van der Waals surface area contributed by atoms with E-state index in [4.69, 9.17) is 0 Å². The maximum absolute atomic E-state index is 12.1. The maximum Gasteiger partial charge on any atom is 0.256 e. The van der Waals surface area contributed by atoms with Gasteiger partial charge in [-0.1, -0.05) is 6.07 Å². The van der Waals surface area contributed by atoms with Gasteiger partial charge in [-0.2, -0.15) is 0 Å². The normalized spacial score (nSPS) is 13.7. The van der Waals surface area contributed by atoms with Crippen LogP contribution in [0.3, 0.4) is 0 Å². The van der Waals surface area contributed by atoms with Crippen molar-refractivity contribution < 1.29 is 4.79 Å². The zero-order chi connectivity index (χ0) is 13.1. The SMILES string of the molecule is O=C(Nc1ccncn1)c1ccc2c(c1)CCNC2. The van der Waals surface area contributed by atoms with Gasteiger partial charge in [0.2, 0.25) is 0 Å². The van der Waals surface area contributed by atoms with Gasteiger partial charge >= 0.3 is 0 Å². The van der Waals surface area contributed by atoms with Gasteiger partial charge in [0.15, 0.2) is 0 Å². The molecule has 5 nitrogen and oxygen atoms in total. The van der Waals surface area contributed by atoms with Crippen molar-refractivity contribution in [1.82, 2.24) is 15.3 Å². The molecule has 19 heavy (non-hydrogen) atoms. The predicted molar refractivity (Wildman–Crippen MR) is 71.8 cm³/mol. The second kappa shape index (κ2) is 5.16. The van der Waals surface area contributed by atoms with E-state index in [0.717, 1.165) is 19.5 Å². The van der Waals surface area contributed by atoms with Crippen molar-refractivity contribution >= 4 is 11.7 Å². The van der Waals surface area contributed by atoms with E-state index in [1.54, 1.807) is 12.3 Å². The highest BCUT2D eigenvalue weighted by Gasteiger charge is 2.12. The number of hydrogen-bond acceptors (Lipinski definition) is 4. The minimum atomic E-state index is -0.139. The highest BCUT2D eigenvalue weighted by Crippen LogP contribution is 2.16. The molecule has 1 amide bonds. The van der Waals surface area contributed by atoms with Crippen LogP contribution >= 0.6 is 0 Å². The number of nitrogens with zero attached hydrogens (tertiary/aromatic N) is 2. The Kier molecular flexibility index (Phi) is 3.20. The fourth-order valence-corrected chi connectivity index (χ4v) is 2.17. The van der Waals surface area contributed by atoms with E-state index in [9.17, 15) is 4.79 Å². The van der Waals surface area contributed by atoms with Gasteiger partial charge in [0, 0.05) is 18.3 Å². The minimum Gasteiger partial charge on any atom is -0.312 e. The van der Waals surface area contributed by atoms with Crippen molar-refractivity contribution in [3.05, 3.63) is 53.5 Å². The van der Waals surface area contributed by atoms with E-state index in [1.807, 2.05) is 18.2 Å². The Morgan fingerprint density at radius 1 is 1.26 bits per heavy atom. The van der Waals surface area contributed by atoms with Gasteiger partial charge in [0.25, 0.3) is 5.91 Å². The molecular weight excluding hydrogens is 240 g/mol.